The van der Waals surface area contributed by atoms with Crippen LogP contribution in [0, 0.1) is 12.7 Å². The van der Waals surface area contributed by atoms with Crippen LogP contribution in [0.2, 0.25) is 0 Å². The van der Waals surface area contributed by atoms with Crippen molar-refractivity contribution in [3.8, 4) is 0 Å². The fourth-order valence-electron chi connectivity index (χ4n) is 3.36. The largest absolute Gasteiger partial charge is 0.341 e. The number of hydrogen-bond donors (Lipinski definition) is 1. The molecule has 0 saturated carbocycles. The Kier molecular flexibility index (Phi) is 6.39. The van der Waals surface area contributed by atoms with Crippen LogP contribution in [0.3, 0.4) is 0 Å². The third kappa shape index (κ3) is 4.98. The summed E-state index contributed by atoms with van der Waals surface area (Å²) in [5.74, 6) is 0.0356. The molecule has 3 nitrogen and oxygen atoms in total. The summed E-state index contributed by atoms with van der Waals surface area (Å²) in [5.41, 5.74) is 2.20. The minimum absolute atomic E-state index is 0.262. The number of anilines is 1. The Morgan fingerprint density at radius 1 is 1.16 bits per heavy atom. The molecule has 0 unspecified atom stereocenters. The maximum Gasteiger partial charge on any atom is 0.270 e. The van der Waals surface area contributed by atoms with Crippen LogP contribution >= 0.6 is 23.6 Å². The Bertz CT molecular complexity index is 1180. The van der Waals surface area contributed by atoms with Gasteiger partial charge in [0.15, 0.2) is 0 Å². The highest BCUT2D eigenvalue weighted by Gasteiger charge is 2.24. The molecule has 1 aromatic heterocycles. The summed E-state index contributed by atoms with van der Waals surface area (Å²) in [6.45, 7) is 2.03. The Morgan fingerprint density at radius 3 is 2.71 bits per heavy atom. The van der Waals surface area contributed by atoms with Gasteiger partial charge in [0, 0.05) is 33.6 Å². The van der Waals surface area contributed by atoms with E-state index in [9.17, 15) is 9.18 Å². The van der Waals surface area contributed by atoms with Crippen molar-refractivity contribution >= 4 is 46.1 Å². The minimum Gasteiger partial charge on any atom is -0.341 e. The number of fused-ring (bicyclic) bond motifs is 1. The van der Waals surface area contributed by atoms with Crippen LogP contribution in [0.15, 0.2) is 78.8 Å². The van der Waals surface area contributed by atoms with Gasteiger partial charge in [0.05, 0.1) is 4.86 Å². The molecule has 4 rings (SSSR count). The molecule has 156 valence electrons. The molecule has 1 aliphatic rings. The highest BCUT2D eigenvalue weighted by atomic mass is 32.1. The van der Waals surface area contributed by atoms with Crippen molar-refractivity contribution in [2.24, 2.45) is 0 Å². The first-order valence-corrected chi connectivity index (χ1v) is 11.1. The quantitative estimate of drug-likeness (QED) is 0.461. The zero-order valence-corrected chi connectivity index (χ0v) is 18.6. The van der Waals surface area contributed by atoms with E-state index in [0.29, 0.717) is 34.8 Å². The van der Waals surface area contributed by atoms with Gasteiger partial charge >= 0.3 is 0 Å². The van der Waals surface area contributed by atoms with E-state index in [2.05, 4.69) is 5.32 Å². The van der Waals surface area contributed by atoms with Gasteiger partial charge in [0.1, 0.15) is 11.6 Å². The number of thiophene rings is 1. The number of carbonyl (C=O) groups is 1. The van der Waals surface area contributed by atoms with E-state index in [0.717, 1.165) is 10.4 Å². The number of carbonyl (C=O) groups excluding carboxylic acids is 1. The van der Waals surface area contributed by atoms with Gasteiger partial charge in [0.25, 0.3) is 5.91 Å². The Labute approximate surface area is 190 Å². The monoisotopic (exact) mass is 448 g/mol. The SMILES string of the molecule is Cc1ccc(CC(=S)C(=O)N(/C=C/c2ccccc2)C2=CCc3c(F)cccc3N2)s1. The third-order valence-corrected chi connectivity index (χ3v) is 6.26. The van der Waals surface area contributed by atoms with E-state index in [1.165, 1.54) is 15.8 Å². The average Bonchev–Trinajstić information content (AvgIpc) is 3.19. The maximum absolute atomic E-state index is 14.1. The number of benzene rings is 2. The number of amides is 1. The Balaban J connectivity index is 1.61. The molecule has 6 heteroatoms. The second-order valence-electron chi connectivity index (χ2n) is 7.20. The fourth-order valence-corrected chi connectivity index (χ4v) is 4.61. The smallest absolute Gasteiger partial charge is 0.270 e. The lowest BCUT2D eigenvalue weighted by molar-refractivity contribution is -0.120. The standard InChI is InChI=1S/C25H21FN2OS2/c1-17-10-11-19(31-17)16-23(30)25(29)28(15-14-18-6-3-2-4-7-18)24-13-12-20-21(26)8-5-9-22(20)27-24/h2-11,13-15,27H,12,16H2,1H3/b15-14+. The van der Waals surface area contributed by atoms with Crippen molar-refractivity contribution in [2.45, 2.75) is 19.8 Å². The van der Waals surface area contributed by atoms with E-state index in [4.69, 9.17) is 12.2 Å². The summed E-state index contributed by atoms with van der Waals surface area (Å²) < 4.78 is 14.1. The van der Waals surface area contributed by atoms with Crippen LogP contribution in [-0.2, 0) is 17.6 Å². The number of halogens is 1. The first-order valence-electron chi connectivity index (χ1n) is 9.91. The highest BCUT2D eigenvalue weighted by molar-refractivity contribution is 7.82. The van der Waals surface area contributed by atoms with Crippen molar-refractivity contribution in [3.05, 3.63) is 105 Å². The van der Waals surface area contributed by atoms with Crippen LogP contribution in [0.1, 0.15) is 20.9 Å². The molecule has 0 radical (unpaired) electrons. The van der Waals surface area contributed by atoms with Crippen molar-refractivity contribution in [2.75, 3.05) is 5.32 Å². The molecule has 1 N–H and O–H groups in total. The van der Waals surface area contributed by atoms with Gasteiger partial charge in [-0.1, -0.05) is 48.6 Å². The molecular formula is C25H21FN2OS2. The molecule has 0 spiro atoms. The molecule has 1 aliphatic heterocycles. The van der Waals surface area contributed by atoms with E-state index in [1.807, 2.05) is 67.6 Å². The van der Waals surface area contributed by atoms with Crippen LogP contribution < -0.4 is 5.32 Å². The average molecular weight is 449 g/mol. The molecule has 0 saturated heterocycles. The molecule has 2 aromatic carbocycles. The summed E-state index contributed by atoms with van der Waals surface area (Å²) in [5, 5.41) is 3.20. The number of thiocarbonyl (C=S) groups is 1. The molecule has 1 amide bonds. The Morgan fingerprint density at radius 2 is 1.97 bits per heavy atom. The van der Waals surface area contributed by atoms with E-state index < -0.39 is 0 Å². The second-order valence-corrected chi connectivity index (χ2v) is 9.06. The predicted octanol–water partition coefficient (Wildman–Crippen LogP) is 6.12. The predicted molar refractivity (Wildman–Crippen MR) is 129 cm³/mol. The zero-order chi connectivity index (χ0) is 21.8. The molecule has 0 fully saturated rings. The summed E-state index contributed by atoms with van der Waals surface area (Å²) in [7, 11) is 0. The van der Waals surface area contributed by atoms with E-state index in [-0.39, 0.29) is 11.7 Å². The molecule has 0 aliphatic carbocycles. The zero-order valence-electron chi connectivity index (χ0n) is 17.0. The molecule has 0 bridgehead atoms. The maximum atomic E-state index is 14.1. The minimum atomic E-state index is -0.271. The summed E-state index contributed by atoms with van der Waals surface area (Å²) in [4.78, 5) is 17.4. The van der Waals surface area contributed by atoms with Crippen molar-refractivity contribution < 1.29 is 9.18 Å². The van der Waals surface area contributed by atoms with Gasteiger partial charge < -0.3 is 5.32 Å². The first-order chi connectivity index (χ1) is 15.0. The van der Waals surface area contributed by atoms with Crippen molar-refractivity contribution in [3.63, 3.8) is 0 Å². The van der Waals surface area contributed by atoms with Gasteiger partial charge in [-0.15, -0.1) is 11.3 Å². The number of allylic oxidation sites excluding steroid dienone is 1. The fraction of sp³-hybridized carbons (Fsp3) is 0.120. The highest BCUT2D eigenvalue weighted by Crippen LogP contribution is 2.28. The number of hydrogen-bond acceptors (Lipinski definition) is 4. The van der Waals surface area contributed by atoms with E-state index >= 15 is 0 Å². The number of rotatable bonds is 6. The molecule has 31 heavy (non-hydrogen) atoms. The molecule has 3 aromatic rings. The van der Waals surface area contributed by atoms with Gasteiger partial charge in [-0.25, -0.2) is 4.39 Å². The lowest BCUT2D eigenvalue weighted by Crippen LogP contribution is -2.35. The lowest BCUT2D eigenvalue weighted by atomic mass is 10.1. The summed E-state index contributed by atoms with van der Waals surface area (Å²) in [6.07, 6.45) is 6.20. The van der Waals surface area contributed by atoms with Gasteiger partial charge in [0.2, 0.25) is 0 Å². The molecule has 0 atom stereocenters. The Hall–Kier alpha value is -3.09. The molecule has 2 heterocycles. The number of aryl methyl sites for hydroxylation is 1. The third-order valence-electron chi connectivity index (χ3n) is 4.94. The first kappa shape index (κ1) is 21.2. The summed E-state index contributed by atoms with van der Waals surface area (Å²) in [6, 6.07) is 18.7. The lowest BCUT2D eigenvalue weighted by Gasteiger charge is -2.27. The van der Waals surface area contributed by atoms with Crippen LogP contribution in [0.25, 0.3) is 6.08 Å². The molecular weight excluding hydrogens is 427 g/mol. The van der Waals surface area contributed by atoms with Crippen LogP contribution in [0.5, 0.6) is 0 Å². The number of nitrogens with zero attached hydrogens (tertiary/aromatic N) is 1. The van der Waals surface area contributed by atoms with Crippen LogP contribution in [0.4, 0.5) is 10.1 Å². The summed E-state index contributed by atoms with van der Waals surface area (Å²) >= 11 is 7.14. The van der Waals surface area contributed by atoms with Gasteiger partial charge in [-0.2, -0.15) is 0 Å². The normalized spacial score (nSPS) is 12.8. The van der Waals surface area contributed by atoms with Gasteiger partial charge in [-0.05, 0) is 55.3 Å². The van der Waals surface area contributed by atoms with Gasteiger partial charge in [-0.3, -0.25) is 9.69 Å². The second kappa shape index (κ2) is 9.37. The van der Waals surface area contributed by atoms with Crippen LogP contribution in [-0.4, -0.2) is 15.7 Å². The van der Waals surface area contributed by atoms with E-state index in [1.54, 1.807) is 23.6 Å². The van der Waals surface area contributed by atoms with Crippen molar-refractivity contribution in [1.82, 2.24) is 4.90 Å². The van der Waals surface area contributed by atoms with Crippen molar-refractivity contribution in [1.29, 1.82) is 0 Å². The number of nitrogens with one attached hydrogen (secondary N) is 1. The topological polar surface area (TPSA) is 32.3 Å².